The highest BCUT2D eigenvalue weighted by Gasteiger charge is 2.23. The fraction of sp³-hybridized carbons (Fsp3) is 0.0769. The maximum atomic E-state index is 11.3. The third-order valence-corrected chi connectivity index (χ3v) is 3.10. The molecule has 0 saturated heterocycles. The quantitative estimate of drug-likeness (QED) is 0.920. The summed E-state index contributed by atoms with van der Waals surface area (Å²) in [7, 11) is 0. The Hall–Kier alpha value is -1.59. The van der Waals surface area contributed by atoms with Crippen molar-refractivity contribution >= 4 is 33.5 Å². The Morgan fingerprint density at radius 3 is 2.63 bits per heavy atom. The van der Waals surface area contributed by atoms with E-state index in [0.717, 1.165) is 0 Å². The van der Waals surface area contributed by atoms with E-state index in [4.69, 9.17) is 16.3 Å². The number of carboxylic acids is 1. The molecule has 1 unspecified atom stereocenters. The Labute approximate surface area is 123 Å². The van der Waals surface area contributed by atoms with Gasteiger partial charge in [0.2, 0.25) is 12.0 Å². The van der Waals surface area contributed by atoms with Crippen LogP contribution in [0.1, 0.15) is 11.7 Å². The monoisotopic (exact) mass is 341 g/mol. The summed E-state index contributed by atoms with van der Waals surface area (Å²) in [5.74, 6) is -0.907. The zero-order valence-electron chi connectivity index (χ0n) is 9.59. The second-order valence-corrected chi connectivity index (χ2v) is 4.98. The predicted octanol–water partition coefficient (Wildman–Crippen LogP) is 3.70. The van der Waals surface area contributed by atoms with Crippen LogP contribution < -0.4 is 4.74 Å². The van der Waals surface area contributed by atoms with E-state index in [2.05, 4.69) is 20.9 Å². The van der Waals surface area contributed by atoms with Gasteiger partial charge in [0.25, 0.3) is 0 Å². The first-order valence-electron chi connectivity index (χ1n) is 5.33. The molecule has 1 aromatic carbocycles. The molecule has 98 valence electrons. The van der Waals surface area contributed by atoms with Crippen molar-refractivity contribution in [3.8, 4) is 5.88 Å². The molecule has 0 spiro atoms. The second-order valence-electron chi connectivity index (χ2n) is 3.69. The second kappa shape index (κ2) is 6.04. The summed E-state index contributed by atoms with van der Waals surface area (Å²) in [5.41, 5.74) is 0.540. The van der Waals surface area contributed by atoms with Crippen molar-refractivity contribution in [2.75, 3.05) is 0 Å². The number of pyridine rings is 1. The molecule has 19 heavy (non-hydrogen) atoms. The minimum absolute atomic E-state index is 0.181. The van der Waals surface area contributed by atoms with Gasteiger partial charge in [0.1, 0.15) is 0 Å². The van der Waals surface area contributed by atoms with Gasteiger partial charge in [0.15, 0.2) is 0 Å². The highest BCUT2D eigenvalue weighted by atomic mass is 79.9. The van der Waals surface area contributed by atoms with Gasteiger partial charge >= 0.3 is 5.97 Å². The number of benzene rings is 1. The lowest BCUT2D eigenvalue weighted by Crippen LogP contribution is -2.18. The molecule has 2 aromatic rings. The summed E-state index contributed by atoms with van der Waals surface area (Å²) >= 11 is 9.00. The van der Waals surface area contributed by atoms with Crippen molar-refractivity contribution in [2.24, 2.45) is 0 Å². The minimum Gasteiger partial charge on any atom is -0.478 e. The lowest BCUT2D eigenvalue weighted by atomic mass is 10.1. The molecule has 1 atom stereocenters. The van der Waals surface area contributed by atoms with Gasteiger partial charge in [-0.05, 0) is 22.0 Å². The number of hydrogen-bond donors (Lipinski definition) is 1. The van der Waals surface area contributed by atoms with E-state index in [0.29, 0.717) is 15.1 Å². The minimum atomic E-state index is -1.12. The van der Waals surface area contributed by atoms with E-state index in [9.17, 15) is 9.90 Å². The first kappa shape index (κ1) is 13.8. The summed E-state index contributed by atoms with van der Waals surface area (Å²) in [5, 5.41) is 9.68. The van der Waals surface area contributed by atoms with Gasteiger partial charge < -0.3 is 9.84 Å². The Bertz CT molecular complexity index is 592. The molecule has 0 fully saturated rings. The zero-order valence-corrected chi connectivity index (χ0v) is 11.9. The van der Waals surface area contributed by atoms with Crippen LogP contribution in [0.2, 0.25) is 5.02 Å². The number of nitrogens with zero attached hydrogens (tertiary/aromatic N) is 1. The van der Waals surface area contributed by atoms with E-state index in [1.54, 1.807) is 36.4 Å². The largest absolute Gasteiger partial charge is 0.478 e. The molecule has 0 aliphatic carbocycles. The van der Waals surface area contributed by atoms with Gasteiger partial charge in [-0.3, -0.25) is 0 Å². The predicted molar refractivity (Wildman–Crippen MR) is 74.4 cm³/mol. The lowest BCUT2D eigenvalue weighted by Gasteiger charge is -2.15. The standard InChI is InChI=1S/C13H9BrClNO3/c14-10-6-9(15)7-16-12(10)19-11(13(17)18)8-4-2-1-3-5-8/h1-7,11H,(H,17,18). The first-order chi connectivity index (χ1) is 9.08. The fourth-order valence-electron chi connectivity index (χ4n) is 1.49. The zero-order chi connectivity index (χ0) is 13.8. The third-order valence-electron chi connectivity index (χ3n) is 2.33. The smallest absolute Gasteiger partial charge is 0.349 e. The normalized spacial score (nSPS) is 11.9. The molecule has 0 bridgehead atoms. The van der Waals surface area contributed by atoms with Crippen LogP contribution in [0.3, 0.4) is 0 Å². The number of ether oxygens (including phenoxy) is 1. The van der Waals surface area contributed by atoms with E-state index in [1.807, 2.05) is 0 Å². The average molecular weight is 343 g/mol. The van der Waals surface area contributed by atoms with Gasteiger partial charge in [-0.2, -0.15) is 0 Å². The summed E-state index contributed by atoms with van der Waals surface area (Å²) in [6.45, 7) is 0. The van der Waals surface area contributed by atoms with Crippen LogP contribution in [0.25, 0.3) is 0 Å². The molecule has 0 aliphatic rings. The molecule has 2 rings (SSSR count). The van der Waals surface area contributed by atoms with Crippen LogP contribution in [0, 0.1) is 0 Å². The number of aromatic nitrogens is 1. The molecular weight excluding hydrogens is 334 g/mol. The van der Waals surface area contributed by atoms with Gasteiger partial charge in [0, 0.05) is 11.8 Å². The maximum absolute atomic E-state index is 11.3. The van der Waals surface area contributed by atoms with Crippen molar-refractivity contribution in [3.63, 3.8) is 0 Å². The number of aliphatic carboxylic acids is 1. The third kappa shape index (κ3) is 3.45. The lowest BCUT2D eigenvalue weighted by molar-refractivity contribution is -0.145. The summed E-state index contributed by atoms with van der Waals surface area (Å²) in [4.78, 5) is 15.2. The average Bonchev–Trinajstić information content (AvgIpc) is 2.38. The SMILES string of the molecule is O=C(O)C(Oc1ncc(Cl)cc1Br)c1ccccc1. The van der Waals surface area contributed by atoms with Gasteiger partial charge in [-0.1, -0.05) is 41.9 Å². The van der Waals surface area contributed by atoms with Gasteiger partial charge in [0.05, 0.1) is 9.50 Å². The maximum Gasteiger partial charge on any atom is 0.349 e. The van der Waals surface area contributed by atoms with Crippen molar-refractivity contribution < 1.29 is 14.6 Å². The van der Waals surface area contributed by atoms with Crippen LogP contribution in [0.15, 0.2) is 47.1 Å². The van der Waals surface area contributed by atoms with E-state index >= 15 is 0 Å². The molecule has 0 aliphatic heterocycles. The first-order valence-corrected chi connectivity index (χ1v) is 6.50. The Balaban J connectivity index is 2.29. The molecule has 1 N–H and O–H groups in total. The molecule has 1 heterocycles. The van der Waals surface area contributed by atoms with Crippen molar-refractivity contribution in [1.29, 1.82) is 0 Å². The van der Waals surface area contributed by atoms with Crippen LogP contribution in [-0.4, -0.2) is 16.1 Å². The number of hydrogen-bond acceptors (Lipinski definition) is 3. The number of rotatable bonds is 4. The number of carbonyl (C=O) groups is 1. The topological polar surface area (TPSA) is 59.4 Å². The Morgan fingerprint density at radius 2 is 2.05 bits per heavy atom. The Kier molecular flexibility index (Phi) is 4.39. The van der Waals surface area contributed by atoms with Gasteiger partial charge in [-0.25, -0.2) is 9.78 Å². The van der Waals surface area contributed by atoms with Crippen LogP contribution >= 0.6 is 27.5 Å². The van der Waals surface area contributed by atoms with Crippen molar-refractivity contribution in [1.82, 2.24) is 4.98 Å². The fourth-order valence-corrected chi connectivity index (χ4v) is 2.22. The van der Waals surface area contributed by atoms with Crippen LogP contribution in [0.4, 0.5) is 0 Å². The van der Waals surface area contributed by atoms with Crippen molar-refractivity contribution in [3.05, 3.63) is 57.7 Å². The van der Waals surface area contributed by atoms with Crippen molar-refractivity contribution in [2.45, 2.75) is 6.10 Å². The molecule has 0 saturated carbocycles. The molecule has 1 aromatic heterocycles. The van der Waals surface area contributed by atoms with Gasteiger partial charge in [-0.15, -0.1) is 0 Å². The van der Waals surface area contributed by atoms with E-state index in [1.165, 1.54) is 6.20 Å². The van der Waals surface area contributed by atoms with E-state index in [-0.39, 0.29) is 5.88 Å². The Morgan fingerprint density at radius 1 is 1.37 bits per heavy atom. The number of halogens is 2. The van der Waals surface area contributed by atoms with Crippen LogP contribution in [-0.2, 0) is 4.79 Å². The number of carboxylic acid groups (broad SMARTS) is 1. The molecule has 0 radical (unpaired) electrons. The highest BCUT2D eigenvalue weighted by molar-refractivity contribution is 9.10. The summed E-state index contributed by atoms with van der Waals surface area (Å²) in [6.07, 6.45) is 0.275. The molecule has 0 amide bonds. The van der Waals surface area contributed by atoms with E-state index < -0.39 is 12.1 Å². The highest BCUT2D eigenvalue weighted by Crippen LogP contribution is 2.29. The summed E-state index contributed by atoms with van der Waals surface area (Å²) < 4.78 is 5.93. The van der Waals surface area contributed by atoms with Crippen LogP contribution in [0.5, 0.6) is 5.88 Å². The molecular formula is C13H9BrClNO3. The molecule has 6 heteroatoms. The summed E-state index contributed by atoms with van der Waals surface area (Å²) in [6, 6.07) is 10.3. The molecule has 4 nitrogen and oxygen atoms in total.